The number of aryl methyl sites for hydroxylation is 2. The average molecular weight is 308 g/mol. The van der Waals surface area contributed by atoms with Crippen LogP contribution in [0.4, 0.5) is 0 Å². The molecule has 0 aliphatic carbocycles. The number of fused-ring (bicyclic) bond motifs is 1. The lowest BCUT2D eigenvalue weighted by Crippen LogP contribution is -2.28. The van der Waals surface area contributed by atoms with E-state index in [2.05, 4.69) is 0 Å². The van der Waals surface area contributed by atoms with Crippen LogP contribution in [0.3, 0.4) is 0 Å². The van der Waals surface area contributed by atoms with Gasteiger partial charge in [0, 0.05) is 0 Å². The molecular formula is C14H16N2O6. The van der Waals surface area contributed by atoms with Crippen LogP contribution in [-0.2, 0) is 9.47 Å². The summed E-state index contributed by atoms with van der Waals surface area (Å²) in [6.07, 6.45) is 0. The van der Waals surface area contributed by atoms with Gasteiger partial charge in [-0.25, -0.2) is 9.59 Å². The molecule has 0 aliphatic rings. The number of carbonyl (C=O) groups excluding carboxylic acids is 2. The third-order valence-electron chi connectivity index (χ3n) is 3.33. The van der Waals surface area contributed by atoms with Gasteiger partial charge in [0.1, 0.15) is 11.1 Å². The van der Waals surface area contributed by atoms with Gasteiger partial charge in [-0.05, 0) is 27.7 Å². The van der Waals surface area contributed by atoms with Crippen LogP contribution < -0.4 is 11.1 Å². The summed E-state index contributed by atoms with van der Waals surface area (Å²) in [6, 6.07) is 0. The molecule has 8 heteroatoms. The van der Waals surface area contributed by atoms with Crippen molar-refractivity contribution in [3.63, 3.8) is 0 Å². The predicted molar refractivity (Wildman–Crippen MR) is 76.0 cm³/mol. The number of esters is 2. The largest absolute Gasteiger partial charge is 0.462 e. The van der Waals surface area contributed by atoms with Crippen LogP contribution in [0.1, 0.15) is 46.0 Å². The molecule has 2 aromatic heterocycles. The SMILES string of the molecule is CCOC(=O)c1c(C)n2c(C)c(C(=O)OCC)c(=O)n2c1=O. The van der Waals surface area contributed by atoms with Crippen LogP contribution >= 0.6 is 0 Å². The van der Waals surface area contributed by atoms with E-state index in [0.717, 1.165) is 4.52 Å². The summed E-state index contributed by atoms with van der Waals surface area (Å²) in [5, 5.41) is 0. The molecule has 118 valence electrons. The van der Waals surface area contributed by atoms with Gasteiger partial charge < -0.3 is 9.47 Å². The molecule has 2 rings (SSSR count). The van der Waals surface area contributed by atoms with E-state index in [4.69, 9.17) is 9.47 Å². The van der Waals surface area contributed by atoms with E-state index < -0.39 is 23.1 Å². The van der Waals surface area contributed by atoms with Crippen molar-refractivity contribution >= 4 is 11.9 Å². The number of hydrogen-bond acceptors (Lipinski definition) is 6. The molecule has 0 unspecified atom stereocenters. The standard InChI is InChI=1S/C14H16N2O6/c1-5-21-13(19)9-7(3)15-8(4)10(14(20)22-6-2)12(18)16(15)11(9)17/h5-6H2,1-4H3. The highest BCUT2D eigenvalue weighted by Crippen LogP contribution is 2.11. The zero-order valence-electron chi connectivity index (χ0n) is 12.8. The number of rotatable bonds is 4. The van der Waals surface area contributed by atoms with Gasteiger partial charge in [-0.2, -0.15) is 4.52 Å². The third-order valence-corrected chi connectivity index (χ3v) is 3.33. The van der Waals surface area contributed by atoms with Gasteiger partial charge in [0.25, 0.3) is 11.1 Å². The fourth-order valence-electron chi connectivity index (χ4n) is 2.44. The van der Waals surface area contributed by atoms with Crippen molar-refractivity contribution in [2.75, 3.05) is 13.2 Å². The predicted octanol–water partition coefficient (Wildman–Crippen LogP) is 0.167. The van der Waals surface area contributed by atoms with Gasteiger partial charge in [0.05, 0.1) is 24.6 Å². The maximum absolute atomic E-state index is 12.3. The van der Waals surface area contributed by atoms with Crippen molar-refractivity contribution in [2.24, 2.45) is 0 Å². The number of carbonyl (C=O) groups is 2. The molecule has 0 saturated carbocycles. The first-order chi connectivity index (χ1) is 10.4. The summed E-state index contributed by atoms with van der Waals surface area (Å²) in [5.74, 6) is -1.59. The summed E-state index contributed by atoms with van der Waals surface area (Å²) in [6.45, 7) is 6.47. The molecule has 0 fully saturated rings. The second-order valence-corrected chi connectivity index (χ2v) is 4.60. The zero-order valence-corrected chi connectivity index (χ0v) is 12.8. The molecule has 0 N–H and O–H groups in total. The van der Waals surface area contributed by atoms with E-state index >= 15 is 0 Å². The van der Waals surface area contributed by atoms with Crippen molar-refractivity contribution in [3.05, 3.63) is 43.2 Å². The van der Waals surface area contributed by atoms with Crippen LogP contribution in [0, 0.1) is 13.8 Å². The van der Waals surface area contributed by atoms with E-state index in [1.54, 1.807) is 13.8 Å². The minimum Gasteiger partial charge on any atom is -0.462 e. The molecule has 0 bridgehead atoms. The summed E-state index contributed by atoms with van der Waals surface area (Å²) in [7, 11) is 0. The molecule has 0 aromatic carbocycles. The molecule has 2 heterocycles. The highest BCUT2D eigenvalue weighted by Gasteiger charge is 2.29. The molecule has 8 nitrogen and oxygen atoms in total. The maximum atomic E-state index is 12.3. The van der Waals surface area contributed by atoms with Crippen molar-refractivity contribution < 1.29 is 19.1 Å². The number of ether oxygens (including phenoxy) is 2. The van der Waals surface area contributed by atoms with Crippen LogP contribution in [-0.4, -0.2) is 34.2 Å². The normalized spacial score (nSPS) is 10.9. The number of hydrogen-bond donors (Lipinski definition) is 0. The Morgan fingerprint density at radius 3 is 1.45 bits per heavy atom. The first-order valence-corrected chi connectivity index (χ1v) is 6.81. The fourth-order valence-corrected chi connectivity index (χ4v) is 2.44. The van der Waals surface area contributed by atoms with E-state index in [9.17, 15) is 19.2 Å². The second-order valence-electron chi connectivity index (χ2n) is 4.60. The molecule has 0 amide bonds. The van der Waals surface area contributed by atoms with Gasteiger partial charge in [-0.1, -0.05) is 0 Å². The van der Waals surface area contributed by atoms with Crippen molar-refractivity contribution in [3.8, 4) is 0 Å². The Morgan fingerprint density at radius 2 is 1.18 bits per heavy atom. The lowest BCUT2D eigenvalue weighted by Gasteiger charge is -2.01. The fraction of sp³-hybridized carbons (Fsp3) is 0.429. The van der Waals surface area contributed by atoms with Crippen molar-refractivity contribution in [2.45, 2.75) is 27.7 Å². The lowest BCUT2D eigenvalue weighted by molar-refractivity contribution is 0.0516. The van der Waals surface area contributed by atoms with Crippen LogP contribution in [0.25, 0.3) is 0 Å². The number of aromatic nitrogens is 2. The Bertz CT molecular complexity index is 793. The van der Waals surface area contributed by atoms with E-state index in [1.807, 2.05) is 0 Å². The van der Waals surface area contributed by atoms with Gasteiger partial charge in [0.2, 0.25) is 0 Å². The van der Waals surface area contributed by atoms with Gasteiger partial charge in [0.15, 0.2) is 0 Å². The van der Waals surface area contributed by atoms with Crippen molar-refractivity contribution in [1.29, 1.82) is 0 Å². The Hall–Kier alpha value is -2.64. The summed E-state index contributed by atoms with van der Waals surface area (Å²) >= 11 is 0. The Kier molecular flexibility index (Phi) is 4.03. The Morgan fingerprint density at radius 1 is 0.818 bits per heavy atom. The summed E-state index contributed by atoms with van der Waals surface area (Å²) in [4.78, 5) is 48.4. The molecule has 0 aliphatic heterocycles. The maximum Gasteiger partial charge on any atom is 0.345 e. The van der Waals surface area contributed by atoms with E-state index in [-0.39, 0.29) is 35.7 Å². The molecule has 22 heavy (non-hydrogen) atoms. The van der Waals surface area contributed by atoms with Gasteiger partial charge in [-0.3, -0.25) is 14.1 Å². The van der Waals surface area contributed by atoms with Gasteiger partial charge in [-0.15, -0.1) is 0 Å². The smallest absolute Gasteiger partial charge is 0.345 e. The number of nitrogens with zero attached hydrogens (tertiary/aromatic N) is 2. The third kappa shape index (κ3) is 2.07. The van der Waals surface area contributed by atoms with Crippen LogP contribution in [0.2, 0.25) is 0 Å². The quantitative estimate of drug-likeness (QED) is 0.747. The van der Waals surface area contributed by atoms with Gasteiger partial charge >= 0.3 is 11.9 Å². The summed E-state index contributed by atoms with van der Waals surface area (Å²) < 4.78 is 11.6. The average Bonchev–Trinajstić information content (AvgIpc) is 2.85. The molecule has 2 aromatic rings. The van der Waals surface area contributed by atoms with E-state index in [0.29, 0.717) is 0 Å². The summed E-state index contributed by atoms with van der Waals surface area (Å²) in [5.41, 5.74) is -1.55. The van der Waals surface area contributed by atoms with E-state index in [1.165, 1.54) is 18.4 Å². The topological polar surface area (TPSA) is 95.6 Å². The van der Waals surface area contributed by atoms with Crippen LogP contribution in [0.5, 0.6) is 0 Å². The molecule has 0 saturated heterocycles. The second kappa shape index (κ2) is 5.63. The molecule has 0 radical (unpaired) electrons. The van der Waals surface area contributed by atoms with Crippen molar-refractivity contribution in [1.82, 2.24) is 9.03 Å². The highest BCUT2D eigenvalue weighted by molar-refractivity contribution is 5.92. The molecule has 0 atom stereocenters. The first-order valence-electron chi connectivity index (χ1n) is 6.81. The molecular weight excluding hydrogens is 292 g/mol. The Balaban J connectivity index is 2.79. The molecule has 0 spiro atoms. The Labute approximate surface area is 125 Å². The monoisotopic (exact) mass is 308 g/mol. The highest BCUT2D eigenvalue weighted by atomic mass is 16.5. The minimum atomic E-state index is -0.806. The zero-order chi connectivity index (χ0) is 16.6. The lowest BCUT2D eigenvalue weighted by atomic mass is 10.2. The first kappa shape index (κ1) is 15.7. The van der Waals surface area contributed by atoms with Crippen LogP contribution in [0.15, 0.2) is 9.59 Å². The minimum absolute atomic E-state index is 0.111.